The molecule has 6 nitrogen and oxygen atoms in total. The lowest BCUT2D eigenvalue weighted by atomic mass is 9.93. The van der Waals surface area contributed by atoms with Crippen molar-refractivity contribution in [2.24, 2.45) is 16.5 Å². The average molecular weight is 489 g/mol. The standard InChI is InChI=1S/C19H23F8N5O/c20-17(21)7-5-12(6-8-17)30-16(31-14(29)9-13(28)19(25,26)27)32-15(33)10-1-3-11(4-2-10)18(22,23)24/h1-4,12-14H,5-9,28-29H2,(H2,30,31,32,33). The van der Waals surface area contributed by atoms with Gasteiger partial charge in [-0.05, 0) is 37.1 Å². The number of hydrogen-bond acceptors (Lipinski definition) is 4. The van der Waals surface area contributed by atoms with Crippen LogP contribution in [0.15, 0.2) is 29.3 Å². The summed E-state index contributed by atoms with van der Waals surface area (Å²) in [6, 6.07) is 0.198. The number of hydrogen-bond donors (Lipinski definition) is 4. The zero-order valence-corrected chi connectivity index (χ0v) is 17.1. The highest BCUT2D eigenvalue weighted by atomic mass is 19.4. The number of rotatable bonds is 5. The van der Waals surface area contributed by atoms with E-state index in [4.69, 9.17) is 11.5 Å². The van der Waals surface area contributed by atoms with E-state index in [9.17, 15) is 39.9 Å². The van der Waals surface area contributed by atoms with Gasteiger partial charge in [-0.1, -0.05) is 0 Å². The Morgan fingerprint density at radius 2 is 1.61 bits per heavy atom. The minimum Gasteiger partial charge on any atom is -0.341 e. The number of nitrogens with one attached hydrogen (secondary N) is 2. The summed E-state index contributed by atoms with van der Waals surface area (Å²) in [5.74, 6) is -4.18. The Morgan fingerprint density at radius 3 is 2.09 bits per heavy atom. The van der Waals surface area contributed by atoms with Crippen LogP contribution in [0.3, 0.4) is 0 Å². The van der Waals surface area contributed by atoms with E-state index in [1.54, 1.807) is 0 Å². The number of nitrogens with zero attached hydrogens (tertiary/aromatic N) is 1. The Balaban J connectivity index is 2.16. The molecule has 2 unspecified atom stereocenters. The van der Waals surface area contributed by atoms with Crippen molar-refractivity contribution < 1.29 is 39.9 Å². The summed E-state index contributed by atoms with van der Waals surface area (Å²) in [6.07, 6.45) is -12.6. The number of halogens is 8. The Hall–Kier alpha value is -2.48. The zero-order valence-electron chi connectivity index (χ0n) is 17.1. The molecule has 186 valence electrons. The highest BCUT2D eigenvalue weighted by molar-refractivity contribution is 6.05. The highest BCUT2D eigenvalue weighted by Crippen LogP contribution is 2.34. The largest absolute Gasteiger partial charge is 0.416 e. The first kappa shape index (κ1) is 26.8. The van der Waals surface area contributed by atoms with Gasteiger partial charge in [-0.2, -0.15) is 26.3 Å². The average Bonchev–Trinajstić information content (AvgIpc) is 2.68. The molecule has 1 aliphatic carbocycles. The molecule has 0 aromatic heterocycles. The smallest absolute Gasteiger partial charge is 0.341 e. The van der Waals surface area contributed by atoms with E-state index in [0.29, 0.717) is 12.1 Å². The van der Waals surface area contributed by atoms with Crippen LogP contribution in [-0.2, 0) is 6.18 Å². The molecule has 14 heteroatoms. The van der Waals surface area contributed by atoms with Gasteiger partial charge in [0.1, 0.15) is 6.04 Å². The van der Waals surface area contributed by atoms with Crippen LogP contribution in [-0.4, -0.2) is 42.2 Å². The molecular formula is C19H23F8N5O. The maximum atomic E-state index is 13.4. The van der Waals surface area contributed by atoms with Crippen molar-refractivity contribution in [1.82, 2.24) is 10.6 Å². The molecule has 1 aliphatic rings. The molecule has 0 bridgehead atoms. The lowest BCUT2D eigenvalue weighted by Gasteiger charge is -2.27. The van der Waals surface area contributed by atoms with Crippen LogP contribution in [0.25, 0.3) is 0 Å². The van der Waals surface area contributed by atoms with Gasteiger partial charge in [-0.25, -0.2) is 13.8 Å². The number of aliphatic imine (C=N–C) groups is 1. The van der Waals surface area contributed by atoms with Crippen molar-refractivity contribution in [3.63, 3.8) is 0 Å². The molecule has 1 amide bonds. The number of guanidine groups is 1. The van der Waals surface area contributed by atoms with Crippen LogP contribution < -0.4 is 22.1 Å². The molecule has 0 heterocycles. The van der Waals surface area contributed by atoms with Gasteiger partial charge in [0.05, 0.1) is 17.8 Å². The summed E-state index contributed by atoms with van der Waals surface area (Å²) in [4.78, 5) is 16.5. The maximum Gasteiger partial charge on any atom is 0.416 e. The zero-order chi connectivity index (χ0) is 25.0. The quantitative estimate of drug-likeness (QED) is 0.220. The van der Waals surface area contributed by atoms with Gasteiger partial charge in [0.15, 0.2) is 5.96 Å². The maximum absolute atomic E-state index is 13.4. The van der Waals surface area contributed by atoms with Crippen molar-refractivity contribution in [1.29, 1.82) is 0 Å². The molecule has 33 heavy (non-hydrogen) atoms. The van der Waals surface area contributed by atoms with Gasteiger partial charge in [-0.15, -0.1) is 0 Å². The first-order valence-corrected chi connectivity index (χ1v) is 9.85. The van der Waals surface area contributed by atoms with E-state index >= 15 is 0 Å². The summed E-state index contributed by atoms with van der Waals surface area (Å²) < 4.78 is 103. The normalized spacial score (nSPS) is 19.6. The number of nitrogens with two attached hydrogens (primary N) is 2. The monoisotopic (exact) mass is 489 g/mol. The predicted octanol–water partition coefficient (Wildman–Crippen LogP) is 3.52. The van der Waals surface area contributed by atoms with Crippen molar-refractivity contribution >= 4 is 11.9 Å². The lowest BCUT2D eigenvalue weighted by molar-refractivity contribution is -0.150. The number of alkyl halides is 8. The van der Waals surface area contributed by atoms with Crippen LogP contribution in [0.1, 0.15) is 48.0 Å². The molecule has 2 rings (SSSR count). The van der Waals surface area contributed by atoms with Crippen LogP contribution in [0, 0.1) is 0 Å². The van der Waals surface area contributed by atoms with Crippen molar-refractivity contribution in [2.45, 2.75) is 68.6 Å². The first-order valence-electron chi connectivity index (χ1n) is 9.85. The molecule has 1 saturated carbocycles. The molecule has 1 fully saturated rings. The second kappa shape index (κ2) is 10.2. The molecule has 1 aromatic rings. The molecule has 1 aromatic carbocycles. The Morgan fingerprint density at radius 1 is 1.06 bits per heavy atom. The summed E-state index contributed by atoms with van der Waals surface area (Å²) in [5, 5.41) is 4.60. The number of amides is 1. The molecule has 2 atom stereocenters. The first-order chi connectivity index (χ1) is 15.1. The third kappa shape index (κ3) is 8.42. The topological polar surface area (TPSA) is 106 Å². The second-order valence-corrected chi connectivity index (χ2v) is 7.73. The molecule has 0 radical (unpaired) electrons. The van der Waals surface area contributed by atoms with Gasteiger partial charge in [0, 0.05) is 24.8 Å². The minimum atomic E-state index is -4.73. The van der Waals surface area contributed by atoms with Crippen LogP contribution in [0.2, 0.25) is 0 Å². The Bertz CT molecular complexity index is 828. The number of carbonyl (C=O) groups is 1. The third-order valence-corrected chi connectivity index (χ3v) is 4.96. The number of carbonyl (C=O) groups excluding carboxylic acids is 1. The predicted molar refractivity (Wildman–Crippen MR) is 103 cm³/mol. The fraction of sp³-hybridized carbons (Fsp3) is 0.579. The van der Waals surface area contributed by atoms with E-state index in [1.165, 1.54) is 0 Å². The second-order valence-electron chi connectivity index (χ2n) is 7.73. The summed E-state index contributed by atoms with van der Waals surface area (Å²) in [5.41, 5.74) is 9.48. The van der Waals surface area contributed by atoms with Gasteiger partial charge in [0.25, 0.3) is 5.91 Å². The third-order valence-electron chi connectivity index (χ3n) is 4.96. The molecular weight excluding hydrogens is 466 g/mol. The fourth-order valence-electron chi connectivity index (χ4n) is 3.07. The van der Waals surface area contributed by atoms with Crippen molar-refractivity contribution in [3.8, 4) is 0 Å². The summed E-state index contributed by atoms with van der Waals surface area (Å²) in [7, 11) is 0. The highest BCUT2D eigenvalue weighted by Gasteiger charge is 2.38. The summed E-state index contributed by atoms with van der Waals surface area (Å²) in [6.45, 7) is 0. The van der Waals surface area contributed by atoms with Gasteiger partial charge >= 0.3 is 12.4 Å². The molecule has 0 spiro atoms. The minimum absolute atomic E-state index is 0.0500. The Kier molecular flexibility index (Phi) is 8.27. The van der Waals surface area contributed by atoms with Crippen LogP contribution in [0.4, 0.5) is 35.1 Å². The molecule has 0 aliphatic heterocycles. The van der Waals surface area contributed by atoms with Gasteiger partial charge < -0.3 is 16.8 Å². The van der Waals surface area contributed by atoms with Gasteiger partial charge in [-0.3, -0.25) is 10.1 Å². The molecule has 6 N–H and O–H groups in total. The lowest BCUT2D eigenvalue weighted by Crippen LogP contribution is -2.53. The van der Waals surface area contributed by atoms with E-state index in [-0.39, 0.29) is 18.4 Å². The van der Waals surface area contributed by atoms with E-state index < -0.39 is 73.2 Å². The van der Waals surface area contributed by atoms with Crippen LogP contribution >= 0.6 is 0 Å². The summed E-state index contributed by atoms with van der Waals surface area (Å²) >= 11 is 0. The molecule has 0 saturated heterocycles. The van der Waals surface area contributed by atoms with Crippen molar-refractivity contribution in [3.05, 3.63) is 35.4 Å². The van der Waals surface area contributed by atoms with Crippen molar-refractivity contribution in [2.75, 3.05) is 0 Å². The van der Waals surface area contributed by atoms with E-state index in [2.05, 4.69) is 15.6 Å². The van der Waals surface area contributed by atoms with Gasteiger partial charge in [0.2, 0.25) is 5.92 Å². The Labute approximate surface area is 183 Å². The van der Waals surface area contributed by atoms with Crippen LogP contribution in [0.5, 0.6) is 0 Å². The fourth-order valence-corrected chi connectivity index (χ4v) is 3.07. The van der Waals surface area contributed by atoms with E-state index in [1.807, 2.05) is 0 Å². The van der Waals surface area contributed by atoms with E-state index in [0.717, 1.165) is 12.1 Å². The number of benzene rings is 1. The SMILES string of the molecule is NC(CC(N)C(F)(F)F)NC(=NC1CCC(F)(F)CC1)NC(=O)c1ccc(C(F)(F)F)cc1.